The summed E-state index contributed by atoms with van der Waals surface area (Å²) in [5.41, 5.74) is -2.77. The molecule has 0 amide bonds. The van der Waals surface area contributed by atoms with Gasteiger partial charge >= 0.3 is 17.9 Å². The van der Waals surface area contributed by atoms with Gasteiger partial charge < -0.3 is 20.2 Å². The molecule has 8 nitrogen and oxygen atoms in total. The van der Waals surface area contributed by atoms with Crippen LogP contribution in [-0.2, 0) is 19.3 Å². The largest absolute Gasteiger partial charge is 0.481 e. The molecule has 0 rings (SSSR count). The first-order valence-electron chi connectivity index (χ1n) is 3.33. The standard InChI is InChI=1S/C6H8O8/c7-3(8)1-6(12,5(10)11)2-4(9)14-13/h12-13H,1-2H2,(H,7,8)(H,10,11)/t6-/m1/s1. The predicted octanol–water partition coefficient (Wildman–Crippen LogP) is -1.32. The molecule has 0 aromatic rings. The van der Waals surface area contributed by atoms with Crippen LogP contribution in [0.5, 0.6) is 0 Å². The Labute approximate surface area is 77.3 Å². The Morgan fingerprint density at radius 2 is 1.64 bits per heavy atom. The smallest absolute Gasteiger partial charge is 0.345 e. The number of carboxylic acids is 2. The normalized spacial score (nSPS) is 14.1. The summed E-state index contributed by atoms with van der Waals surface area (Å²) in [5, 5.41) is 33.6. The van der Waals surface area contributed by atoms with E-state index in [2.05, 4.69) is 4.89 Å². The summed E-state index contributed by atoms with van der Waals surface area (Å²) in [7, 11) is 0. The minimum absolute atomic E-state index is 1.15. The highest BCUT2D eigenvalue weighted by Gasteiger charge is 2.41. The summed E-state index contributed by atoms with van der Waals surface area (Å²) < 4.78 is 0. The molecule has 0 saturated carbocycles. The molecule has 0 bridgehead atoms. The van der Waals surface area contributed by atoms with Crippen LogP contribution in [0.1, 0.15) is 12.8 Å². The van der Waals surface area contributed by atoms with E-state index < -0.39 is 36.4 Å². The third-order valence-electron chi connectivity index (χ3n) is 1.38. The molecule has 0 saturated heterocycles. The molecule has 8 heteroatoms. The van der Waals surface area contributed by atoms with E-state index in [4.69, 9.17) is 20.6 Å². The Kier molecular flexibility index (Phi) is 3.99. The lowest BCUT2D eigenvalue weighted by molar-refractivity contribution is -0.238. The van der Waals surface area contributed by atoms with Crippen molar-refractivity contribution in [2.24, 2.45) is 0 Å². The highest BCUT2D eigenvalue weighted by molar-refractivity contribution is 5.88. The lowest BCUT2D eigenvalue weighted by Crippen LogP contribution is -2.43. The van der Waals surface area contributed by atoms with Crippen LogP contribution in [0.3, 0.4) is 0 Å². The first kappa shape index (κ1) is 12.3. The van der Waals surface area contributed by atoms with Crippen molar-refractivity contribution in [1.29, 1.82) is 0 Å². The number of hydrogen-bond donors (Lipinski definition) is 4. The van der Waals surface area contributed by atoms with Crippen molar-refractivity contribution >= 4 is 17.9 Å². The van der Waals surface area contributed by atoms with Gasteiger partial charge in [0.2, 0.25) is 0 Å². The van der Waals surface area contributed by atoms with Gasteiger partial charge in [-0.15, -0.1) is 0 Å². The molecule has 0 unspecified atom stereocenters. The molecule has 0 aliphatic heterocycles. The summed E-state index contributed by atoms with van der Waals surface area (Å²) in [6, 6.07) is 0. The van der Waals surface area contributed by atoms with Crippen LogP contribution >= 0.6 is 0 Å². The van der Waals surface area contributed by atoms with E-state index >= 15 is 0 Å². The van der Waals surface area contributed by atoms with E-state index in [0.29, 0.717) is 0 Å². The zero-order valence-electron chi connectivity index (χ0n) is 6.84. The Balaban J connectivity index is 4.63. The fourth-order valence-corrected chi connectivity index (χ4v) is 0.735. The van der Waals surface area contributed by atoms with E-state index in [1.807, 2.05) is 0 Å². The van der Waals surface area contributed by atoms with Gasteiger partial charge in [0.05, 0.1) is 12.8 Å². The number of carboxylic acid groups (broad SMARTS) is 2. The lowest BCUT2D eigenvalue weighted by atomic mass is 9.96. The van der Waals surface area contributed by atoms with Gasteiger partial charge in [-0.05, 0) is 0 Å². The summed E-state index contributed by atoms with van der Waals surface area (Å²) >= 11 is 0. The second kappa shape index (κ2) is 4.53. The van der Waals surface area contributed by atoms with Crippen molar-refractivity contribution in [3.8, 4) is 0 Å². The number of hydrogen-bond acceptors (Lipinski definition) is 6. The molecule has 0 aromatic heterocycles. The summed E-state index contributed by atoms with van der Waals surface area (Å²) in [4.78, 5) is 34.1. The Hall–Kier alpha value is -1.67. The quantitative estimate of drug-likeness (QED) is 0.322. The summed E-state index contributed by atoms with van der Waals surface area (Å²) in [6.07, 6.45) is -2.32. The maximum Gasteiger partial charge on any atom is 0.345 e. The van der Waals surface area contributed by atoms with Gasteiger partial charge in [-0.1, -0.05) is 0 Å². The molecule has 0 spiro atoms. The minimum Gasteiger partial charge on any atom is -0.481 e. The molecule has 0 aromatic carbocycles. The second-order valence-corrected chi connectivity index (χ2v) is 2.55. The monoisotopic (exact) mass is 208 g/mol. The minimum atomic E-state index is -2.77. The van der Waals surface area contributed by atoms with E-state index in [-0.39, 0.29) is 0 Å². The fourth-order valence-electron chi connectivity index (χ4n) is 0.735. The SMILES string of the molecule is O=C(O)C[C@@](O)(CC(=O)OO)C(=O)O. The third kappa shape index (κ3) is 3.37. The first-order valence-corrected chi connectivity index (χ1v) is 3.33. The Bertz CT molecular complexity index is 259. The molecule has 0 aliphatic rings. The van der Waals surface area contributed by atoms with Gasteiger partial charge in [0.25, 0.3) is 0 Å². The van der Waals surface area contributed by atoms with Crippen molar-refractivity contribution in [3.63, 3.8) is 0 Å². The fraction of sp³-hybridized carbons (Fsp3) is 0.500. The zero-order valence-corrected chi connectivity index (χ0v) is 6.84. The number of aliphatic hydroxyl groups is 1. The van der Waals surface area contributed by atoms with Crippen LogP contribution in [0.25, 0.3) is 0 Å². The maximum absolute atomic E-state index is 10.4. The molecule has 1 atom stereocenters. The topological polar surface area (TPSA) is 141 Å². The van der Waals surface area contributed by atoms with Crippen LogP contribution < -0.4 is 0 Å². The number of aliphatic carboxylic acids is 2. The number of carbonyl (C=O) groups is 3. The molecule has 0 radical (unpaired) electrons. The highest BCUT2D eigenvalue weighted by Crippen LogP contribution is 2.16. The molecule has 4 N–H and O–H groups in total. The Morgan fingerprint density at radius 1 is 1.14 bits per heavy atom. The van der Waals surface area contributed by atoms with Crippen LogP contribution in [0.15, 0.2) is 0 Å². The van der Waals surface area contributed by atoms with Crippen LogP contribution in [0.2, 0.25) is 0 Å². The molecular weight excluding hydrogens is 200 g/mol. The molecule has 0 aliphatic carbocycles. The van der Waals surface area contributed by atoms with E-state index in [1.165, 1.54) is 0 Å². The highest BCUT2D eigenvalue weighted by atomic mass is 17.1. The summed E-state index contributed by atoms with van der Waals surface area (Å²) in [6.45, 7) is 0. The van der Waals surface area contributed by atoms with E-state index in [1.54, 1.807) is 0 Å². The van der Waals surface area contributed by atoms with Gasteiger partial charge in [0.1, 0.15) is 0 Å². The molecule has 0 heterocycles. The maximum atomic E-state index is 10.4. The average molecular weight is 208 g/mol. The van der Waals surface area contributed by atoms with Crippen molar-refractivity contribution in [2.75, 3.05) is 0 Å². The van der Waals surface area contributed by atoms with Crippen molar-refractivity contribution < 1.29 is 39.8 Å². The van der Waals surface area contributed by atoms with Gasteiger partial charge in [-0.25, -0.2) is 9.59 Å². The van der Waals surface area contributed by atoms with Crippen LogP contribution in [-0.4, -0.2) is 44.1 Å². The molecule has 80 valence electrons. The zero-order chi connectivity index (χ0) is 11.4. The van der Waals surface area contributed by atoms with E-state index in [0.717, 1.165) is 0 Å². The molecule has 14 heavy (non-hydrogen) atoms. The van der Waals surface area contributed by atoms with E-state index in [9.17, 15) is 14.4 Å². The Morgan fingerprint density at radius 3 is 1.93 bits per heavy atom. The summed E-state index contributed by atoms with van der Waals surface area (Å²) in [5.74, 6) is -4.91. The van der Waals surface area contributed by atoms with Gasteiger partial charge in [-0.3, -0.25) is 4.79 Å². The van der Waals surface area contributed by atoms with Crippen molar-refractivity contribution in [1.82, 2.24) is 0 Å². The number of carbonyl (C=O) groups excluding carboxylic acids is 1. The number of rotatable bonds is 5. The van der Waals surface area contributed by atoms with Crippen molar-refractivity contribution in [2.45, 2.75) is 18.4 Å². The van der Waals surface area contributed by atoms with Crippen LogP contribution in [0.4, 0.5) is 0 Å². The third-order valence-corrected chi connectivity index (χ3v) is 1.38. The predicted molar refractivity (Wildman–Crippen MR) is 38.2 cm³/mol. The molecular formula is C6H8O8. The van der Waals surface area contributed by atoms with Gasteiger partial charge in [0.15, 0.2) is 5.60 Å². The lowest BCUT2D eigenvalue weighted by Gasteiger charge is -2.18. The first-order chi connectivity index (χ1) is 6.31. The molecule has 0 fully saturated rings. The van der Waals surface area contributed by atoms with Crippen LogP contribution in [0, 0.1) is 0 Å². The average Bonchev–Trinajstić information content (AvgIpc) is 2.02. The van der Waals surface area contributed by atoms with Crippen molar-refractivity contribution in [3.05, 3.63) is 0 Å². The second-order valence-electron chi connectivity index (χ2n) is 2.55. The van der Waals surface area contributed by atoms with Gasteiger partial charge in [0, 0.05) is 0 Å². The van der Waals surface area contributed by atoms with Gasteiger partial charge in [-0.2, -0.15) is 5.26 Å².